The van der Waals surface area contributed by atoms with Crippen LogP contribution in [0.4, 0.5) is 5.69 Å². The van der Waals surface area contributed by atoms with E-state index < -0.39 is 10.0 Å². The maximum atomic E-state index is 12.2. The van der Waals surface area contributed by atoms with Crippen molar-refractivity contribution in [1.82, 2.24) is 4.72 Å². The molecule has 0 radical (unpaired) electrons. The average Bonchev–Trinajstić information content (AvgIpc) is 2.46. The summed E-state index contributed by atoms with van der Waals surface area (Å²) in [5, 5.41) is 0. The minimum absolute atomic E-state index is 0.115. The summed E-state index contributed by atoms with van der Waals surface area (Å²) in [6, 6.07) is 11.8. The highest BCUT2D eigenvalue weighted by molar-refractivity contribution is 7.89. The van der Waals surface area contributed by atoms with Gasteiger partial charge in [-0.1, -0.05) is 17.7 Å². The molecule has 0 aromatic heterocycles. The van der Waals surface area contributed by atoms with E-state index in [1.165, 1.54) is 7.11 Å². The molecule has 5 nitrogen and oxygen atoms in total. The molecular formula is C15H18N2O3S. The van der Waals surface area contributed by atoms with Gasteiger partial charge in [-0.2, -0.15) is 0 Å². The molecule has 0 saturated heterocycles. The third kappa shape index (κ3) is 3.74. The highest BCUT2D eigenvalue weighted by Crippen LogP contribution is 2.21. The molecule has 0 aliphatic carbocycles. The van der Waals surface area contributed by atoms with Gasteiger partial charge in [-0.05, 0) is 37.3 Å². The molecule has 0 unspecified atom stereocenters. The molecule has 3 N–H and O–H groups in total. The number of hydrogen-bond donors (Lipinski definition) is 2. The Balaban J connectivity index is 2.19. The van der Waals surface area contributed by atoms with Crippen molar-refractivity contribution in [3.63, 3.8) is 0 Å². The second-order valence-electron chi connectivity index (χ2n) is 4.71. The molecule has 0 atom stereocenters. The summed E-state index contributed by atoms with van der Waals surface area (Å²) in [5.74, 6) is 0.593. The lowest BCUT2D eigenvalue weighted by molar-refractivity contribution is 0.409. The molecule has 0 bridgehead atoms. The SMILES string of the molecule is COc1ccc(N)cc1CNS(=O)(=O)c1ccc(C)cc1. The van der Waals surface area contributed by atoms with E-state index in [9.17, 15) is 8.42 Å². The summed E-state index contributed by atoms with van der Waals surface area (Å²) in [6.07, 6.45) is 0. The van der Waals surface area contributed by atoms with Gasteiger partial charge < -0.3 is 10.5 Å². The summed E-state index contributed by atoms with van der Waals surface area (Å²) in [6.45, 7) is 2.02. The van der Waals surface area contributed by atoms with Crippen molar-refractivity contribution in [2.45, 2.75) is 18.4 Å². The number of benzene rings is 2. The van der Waals surface area contributed by atoms with Gasteiger partial charge in [0.2, 0.25) is 10.0 Å². The molecule has 112 valence electrons. The number of sulfonamides is 1. The molecular weight excluding hydrogens is 288 g/mol. The van der Waals surface area contributed by atoms with Crippen molar-refractivity contribution < 1.29 is 13.2 Å². The van der Waals surface area contributed by atoms with E-state index >= 15 is 0 Å². The van der Waals surface area contributed by atoms with Crippen LogP contribution in [0.15, 0.2) is 47.4 Å². The Hall–Kier alpha value is -2.05. The van der Waals surface area contributed by atoms with E-state index in [-0.39, 0.29) is 11.4 Å². The number of methoxy groups -OCH3 is 1. The molecule has 2 rings (SSSR count). The van der Waals surface area contributed by atoms with Gasteiger partial charge in [-0.3, -0.25) is 0 Å². The topological polar surface area (TPSA) is 81.4 Å². The van der Waals surface area contributed by atoms with Crippen LogP contribution in [0.5, 0.6) is 5.75 Å². The van der Waals surface area contributed by atoms with Gasteiger partial charge in [0.25, 0.3) is 0 Å². The summed E-state index contributed by atoms with van der Waals surface area (Å²) in [4.78, 5) is 0.232. The number of hydrogen-bond acceptors (Lipinski definition) is 4. The first-order valence-electron chi connectivity index (χ1n) is 6.41. The minimum Gasteiger partial charge on any atom is -0.496 e. The van der Waals surface area contributed by atoms with Crippen LogP contribution in [0.2, 0.25) is 0 Å². The first-order chi connectivity index (χ1) is 9.92. The molecule has 0 amide bonds. The Labute approximate surface area is 124 Å². The number of nitrogens with two attached hydrogens (primary N) is 1. The standard InChI is InChI=1S/C15H18N2O3S/c1-11-3-6-14(7-4-11)21(18,19)17-10-12-9-13(16)5-8-15(12)20-2/h3-9,17H,10,16H2,1-2H3. The average molecular weight is 306 g/mol. The number of nitrogens with one attached hydrogen (secondary N) is 1. The van der Waals surface area contributed by atoms with Crippen LogP contribution in [0.3, 0.4) is 0 Å². The molecule has 0 fully saturated rings. The quantitative estimate of drug-likeness (QED) is 0.829. The minimum atomic E-state index is -3.56. The van der Waals surface area contributed by atoms with Crippen LogP contribution in [0.25, 0.3) is 0 Å². The van der Waals surface area contributed by atoms with Crippen LogP contribution >= 0.6 is 0 Å². The van der Waals surface area contributed by atoms with Gasteiger partial charge >= 0.3 is 0 Å². The normalized spacial score (nSPS) is 11.3. The number of rotatable bonds is 5. The lowest BCUT2D eigenvalue weighted by Crippen LogP contribution is -2.23. The first kappa shape index (κ1) is 15.3. The maximum Gasteiger partial charge on any atom is 0.240 e. The second kappa shape index (κ2) is 6.15. The van der Waals surface area contributed by atoms with Gasteiger partial charge in [0.15, 0.2) is 0 Å². The fraction of sp³-hybridized carbons (Fsp3) is 0.200. The zero-order valence-corrected chi connectivity index (χ0v) is 12.8. The van der Waals surface area contributed by atoms with Crippen LogP contribution in [-0.4, -0.2) is 15.5 Å². The maximum absolute atomic E-state index is 12.2. The van der Waals surface area contributed by atoms with E-state index in [0.29, 0.717) is 17.0 Å². The smallest absolute Gasteiger partial charge is 0.240 e. The van der Waals surface area contributed by atoms with Crippen molar-refractivity contribution in [2.24, 2.45) is 0 Å². The molecule has 6 heteroatoms. The fourth-order valence-corrected chi connectivity index (χ4v) is 2.92. The Kier molecular flexibility index (Phi) is 4.50. The Morgan fingerprint density at radius 2 is 1.81 bits per heavy atom. The Morgan fingerprint density at radius 1 is 1.14 bits per heavy atom. The monoisotopic (exact) mass is 306 g/mol. The van der Waals surface area contributed by atoms with Crippen molar-refractivity contribution in [1.29, 1.82) is 0 Å². The molecule has 0 aliphatic heterocycles. The predicted octanol–water partition coefficient (Wildman–Crippen LogP) is 2.06. The van der Waals surface area contributed by atoms with E-state index in [1.807, 2.05) is 6.92 Å². The number of aryl methyl sites for hydroxylation is 1. The predicted molar refractivity (Wildman–Crippen MR) is 82.6 cm³/mol. The first-order valence-corrected chi connectivity index (χ1v) is 7.89. The lowest BCUT2D eigenvalue weighted by Gasteiger charge is -2.11. The molecule has 0 saturated carbocycles. The Morgan fingerprint density at radius 3 is 2.43 bits per heavy atom. The third-order valence-corrected chi connectivity index (χ3v) is 4.51. The van der Waals surface area contributed by atoms with Crippen LogP contribution < -0.4 is 15.2 Å². The van der Waals surface area contributed by atoms with E-state index in [1.54, 1.807) is 42.5 Å². The summed E-state index contributed by atoms with van der Waals surface area (Å²) in [7, 11) is -2.03. The molecule has 0 spiro atoms. The fourth-order valence-electron chi connectivity index (χ4n) is 1.91. The van der Waals surface area contributed by atoms with Gasteiger partial charge in [0.05, 0.1) is 12.0 Å². The molecule has 0 aliphatic rings. The van der Waals surface area contributed by atoms with Gasteiger partial charge in [0.1, 0.15) is 5.75 Å². The number of nitrogen functional groups attached to an aromatic ring is 1. The second-order valence-corrected chi connectivity index (χ2v) is 6.48. The molecule has 21 heavy (non-hydrogen) atoms. The number of ether oxygens (including phenoxy) is 1. The van der Waals surface area contributed by atoms with Crippen molar-refractivity contribution in [3.05, 3.63) is 53.6 Å². The van der Waals surface area contributed by atoms with Gasteiger partial charge in [-0.15, -0.1) is 0 Å². The highest BCUT2D eigenvalue weighted by atomic mass is 32.2. The van der Waals surface area contributed by atoms with Crippen LogP contribution in [-0.2, 0) is 16.6 Å². The molecule has 2 aromatic carbocycles. The third-order valence-electron chi connectivity index (χ3n) is 3.09. The summed E-state index contributed by atoms with van der Waals surface area (Å²) < 4.78 is 32.2. The zero-order chi connectivity index (χ0) is 15.5. The molecule has 2 aromatic rings. The Bertz CT molecular complexity index is 725. The van der Waals surface area contributed by atoms with Crippen molar-refractivity contribution >= 4 is 15.7 Å². The highest BCUT2D eigenvalue weighted by Gasteiger charge is 2.14. The van der Waals surface area contributed by atoms with Gasteiger partial charge in [-0.25, -0.2) is 13.1 Å². The summed E-state index contributed by atoms with van der Waals surface area (Å²) in [5.41, 5.74) is 7.97. The van der Waals surface area contributed by atoms with E-state index in [2.05, 4.69) is 4.72 Å². The lowest BCUT2D eigenvalue weighted by atomic mass is 10.2. The van der Waals surface area contributed by atoms with Crippen molar-refractivity contribution in [2.75, 3.05) is 12.8 Å². The zero-order valence-electron chi connectivity index (χ0n) is 12.0. The van der Waals surface area contributed by atoms with Gasteiger partial charge in [0, 0.05) is 17.8 Å². The van der Waals surface area contributed by atoms with E-state index in [0.717, 1.165) is 5.56 Å². The van der Waals surface area contributed by atoms with Crippen LogP contribution in [0, 0.1) is 6.92 Å². The van der Waals surface area contributed by atoms with E-state index in [4.69, 9.17) is 10.5 Å². The van der Waals surface area contributed by atoms with Crippen molar-refractivity contribution in [3.8, 4) is 5.75 Å². The number of anilines is 1. The summed E-state index contributed by atoms with van der Waals surface area (Å²) >= 11 is 0. The largest absolute Gasteiger partial charge is 0.496 e. The van der Waals surface area contributed by atoms with Crippen LogP contribution in [0.1, 0.15) is 11.1 Å². The molecule has 0 heterocycles.